The van der Waals surface area contributed by atoms with E-state index in [2.05, 4.69) is 78.9 Å². The van der Waals surface area contributed by atoms with Crippen LogP contribution in [0.4, 0.5) is 5.69 Å². The first-order chi connectivity index (χ1) is 26.3. The Morgan fingerprint density at radius 2 is 1.46 bits per heavy atom. The number of fused-ring (bicyclic) bond motifs is 6. The molecule has 286 valence electrons. The van der Waals surface area contributed by atoms with Gasteiger partial charge in [-0.25, -0.2) is 5.84 Å². The summed E-state index contributed by atoms with van der Waals surface area (Å²) in [6.45, 7) is 12.8. The molecule has 4 N–H and O–H groups in total. The van der Waals surface area contributed by atoms with Gasteiger partial charge < -0.3 is 39.5 Å². The van der Waals surface area contributed by atoms with Crippen LogP contribution in [0.5, 0.6) is 0 Å². The minimum atomic E-state index is -0.538. The highest BCUT2D eigenvalue weighted by Gasteiger charge is 2.53. The Labute approximate surface area is 320 Å². The van der Waals surface area contributed by atoms with Crippen LogP contribution in [0.1, 0.15) is 48.1 Å². The smallest absolute Gasteiger partial charge is 0.226 e. The molecule has 10 nitrogen and oxygen atoms in total. The van der Waals surface area contributed by atoms with Gasteiger partial charge in [0, 0.05) is 30.4 Å². The van der Waals surface area contributed by atoms with Crippen LogP contribution in [0.25, 0.3) is 11.4 Å². The van der Waals surface area contributed by atoms with E-state index in [4.69, 9.17) is 30.5 Å². The third-order valence-electron chi connectivity index (χ3n) is 10.6. The van der Waals surface area contributed by atoms with Crippen molar-refractivity contribution >= 4 is 23.0 Å². The number of rotatable bonds is 18. The molecule has 3 aromatic rings. The summed E-state index contributed by atoms with van der Waals surface area (Å²) in [6.07, 6.45) is 7.18. The lowest BCUT2D eigenvalue weighted by molar-refractivity contribution is -0.139. The van der Waals surface area contributed by atoms with Gasteiger partial charge in [0.25, 0.3) is 0 Å². The van der Waals surface area contributed by atoms with Crippen LogP contribution < -0.4 is 16.5 Å². The number of nitrogens with zero attached hydrogens (tertiary/aromatic N) is 3. The molecule has 3 aliphatic heterocycles. The second-order valence-corrected chi connectivity index (χ2v) is 14.0. The van der Waals surface area contributed by atoms with Crippen molar-refractivity contribution in [3.05, 3.63) is 137 Å². The van der Waals surface area contributed by atoms with Crippen LogP contribution >= 0.6 is 0 Å². The standard InChI is InChI=1S/C44H55N5O5/c1-5-13-38-34(6-2)40-30-32-14-8-11-18-37(32)44(38,3)49(40)41(50)20-22-51-24-26-53-28-29-54-27-25-52-23-21-48(46)43-36-17-10-12-19-39(36)47(4)31-33-15-7-9-16-35(33)42(43)45/h5-19,40H,2,20-31,45-46H2,1,3-4H3/b13-5-,43-42-. The number of hydrazine groups is 1. The number of hydrogen-bond donors (Lipinski definition) is 2. The zero-order valence-electron chi connectivity index (χ0n) is 32.0. The van der Waals surface area contributed by atoms with Gasteiger partial charge in [-0.3, -0.25) is 4.79 Å². The molecule has 3 aliphatic rings. The van der Waals surface area contributed by atoms with E-state index in [1.807, 2.05) is 49.4 Å². The summed E-state index contributed by atoms with van der Waals surface area (Å²) in [6, 6.07) is 24.8. The summed E-state index contributed by atoms with van der Waals surface area (Å²) >= 11 is 0. The third kappa shape index (κ3) is 8.04. The van der Waals surface area contributed by atoms with Crippen LogP contribution in [0.2, 0.25) is 0 Å². The summed E-state index contributed by atoms with van der Waals surface area (Å²) < 4.78 is 23.0. The Bertz CT molecular complexity index is 1890. The molecule has 3 heterocycles. The van der Waals surface area contributed by atoms with Gasteiger partial charge in [-0.2, -0.15) is 0 Å². The fourth-order valence-electron chi connectivity index (χ4n) is 8.16. The molecule has 0 saturated carbocycles. The van der Waals surface area contributed by atoms with Gasteiger partial charge in [0.1, 0.15) is 0 Å². The number of benzene rings is 3. The minimum absolute atomic E-state index is 0.0301. The van der Waals surface area contributed by atoms with E-state index in [1.54, 1.807) is 5.01 Å². The maximum absolute atomic E-state index is 13.7. The van der Waals surface area contributed by atoms with Crippen molar-refractivity contribution in [2.45, 2.75) is 44.8 Å². The van der Waals surface area contributed by atoms with Crippen LogP contribution in [0.15, 0.2) is 109 Å². The Morgan fingerprint density at radius 3 is 2.15 bits per heavy atom. The average Bonchev–Trinajstić information content (AvgIpc) is 3.35. The number of para-hydroxylation sites is 1. The van der Waals surface area contributed by atoms with Gasteiger partial charge in [-0.1, -0.05) is 91.5 Å². The molecule has 2 unspecified atom stereocenters. The summed E-state index contributed by atoms with van der Waals surface area (Å²) in [5, 5.41) is 1.68. The molecule has 0 spiro atoms. The lowest BCUT2D eigenvalue weighted by Crippen LogP contribution is -2.53. The molecule has 6 rings (SSSR count). The normalized spacial score (nSPS) is 20.4. The van der Waals surface area contributed by atoms with Crippen molar-refractivity contribution in [3.8, 4) is 0 Å². The highest BCUT2D eigenvalue weighted by Crippen LogP contribution is 2.52. The highest BCUT2D eigenvalue weighted by atomic mass is 16.6. The van der Waals surface area contributed by atoms with Crippen molar-refractivity contribution < 1.29 is 23.7 Å². The zero-order valence-corrected chi connectivity index (χ0v) is 32.0. The fraction of sp³-hybridized carbons (Fsp3) is 0.386. The molecule has 0 radical (unpaired) electrons. The number of anilines is 1. The number of carbonyl (C=O) groups is 1. The van der Waals surface area contributed by atoms with E-state index in [0.29, 0.717) is 71.5 Å². The largest absolute Gasteiger partial charge is 0.396 e. The average molecular weight is 734 g/mol. The maximum Gasteiger partial charge on any atom is 0.226 e. The quantitative estimate of drug-likeness (QED) is 0.0952. The third-order valence-corrected chi connectivity index (χ3v) is 10.6. The van der Waals surface area contributed by atoms with Crippen LogP contribution in [0.3, 0.4) is 0 Å². The number of allylic oxidation sites excluding steroid dienone is 1. The Morgan fingerprint density at radius 1 is 0.870 bits per heavy atom. The first-order valence-corrected chi connectivity index (χ1v) is 18.9. The molecule has 1 amide bonds. The molecular formula is C44H55N5O5. The van der Waals surface area contributed by atoms with Crippen molar-refractivity contribution in [2.75, 3.05) is 71.3 Å². The first kappa shape index (κ1) is 39.0. The molecule has 0 saturated heterocycles. The van der Waals surface area contributed by atoms with E-state index in [1.165, 1.54) is 11.1 Å². The lowest BCUT2D eigenvalue weighted by atomic mass is 9.79. The van der Waals surface area contributed by atoms with E-state index in [0.717, 1.165) is 52.2 Å². The summed E-state index contributed by atoms with van der Waals surface area (Å²) in [5.74, 6) is 6.72. The van der Waals surface area contributed by atoms with Gasteiger partial charge >= 0.3 is 0 Å². The number of hydrogen-bond acceptors (Lipinski definition) is 9. The van der Waals surface area contributed by atoms with Crippen molar-refractivity contribution in [1.82, 2.24) is 9.91 Å². The first-order valence-electron chi connectivity index (χ1n) is 18.9. The highest BCUT2D eigenvalue weighted by molar-refractivity contribution is 5.93. The van der Waals surface area contributed by atoms with Crippen LogP contribution in [-0.2, 0) is 42.2 Å². The number of ether oxygens (including phenoxy) is 4. The Balaban J connectivity index is 0.862. The van der Waals surface area contributed by atoms with Gasteiger partial charge in [0.05, 0.1) is 88.8 Å². The predicted molar refractivity (Wildman–Crippen MR) is 215 cm³/mol. The number of nitrogens with two attached hydrogens (primary N) is 2. The Kier molecular flexibility index (Phi) is 13.1. The molecule has 2 atom stereocenters. The van der Waals surface area contributed by atoms with E-state index < -0.39 is 5.54 Å². The van der Waals surface area contributed by atoms with E-state index in [-0.39, 0.29) is 11.9 Å². The van der Waals surface area contributed by atoms with Gasteiger partial charge in [0.15, 0.2) is 0 Å². The number of amides is 1. The monoisotopic (exact) mass is 733 g/mol. The van der Waals surface area contributed by atoms with Gasteiger partial charge in [-0.15, -0.1) is 0 Å². The molecule has 0 aliphatic carbocycles. The van der Waals surface area contributed by atoms with Crippen molar-refractivity contribution in [1.29, 1.82) is 0 Å². The molecule has 2 bridgehead atoms. The summed E-state index contributed by atoms with van der Waals surface area (Å²) in [4.78, 5) is 18.0. The van der Waals surface area contributed by atoms with Crippen molar-refractivity contribution in [2.24, 2.45) is 11.6 Å². The van der Waals surface area contributed by atoms with E-state index in [9.17, 15) is 4.79 Å². The maximum atomic E-state index is 13.7. The minimum Gasteiger partial charge on any atom is -0.396 e. The lowest BCUT2D eigenvalue weighted by Gasteiger charge is -2.45. The molecular weight excluding hydrogens is 679 g/mol. The fourth-order valence-corrected chi connectivity index (χ4v) is 8.16. The molecule has 10 heteroatoms. The molecule has 0 fully saturated rings. The number of carbonyl (C=O) groups excluding carboxylic acids is 1. The summed E-state index contributed by atoms with van der Waals surface area (Å²) in [5.41, 5.74) is 16.6. The topological polar surface area (TPSA) is 116 Å². The summed E-state index contributed by atoms with van der Waals surface area (Å²) in [7, 11) is 2.08. The van der Waals surface area contributed by atoms with Gasteiger partial charge in [0.2, 0.25) is 5.91 Å². The van der Waals surface area contributed by atoms with Gasteiger partial charge in [-0.05, 0) is 54.2 Å². The van der Waals surface area contributed by atoms with Crippen molar-refractivity contribution in [3.63, 3.8) is 0 Å². The van der Waals surface area contributed by atoms with E-state index >= 15 is 0 Å². The Hall–Kier alpha value is -4.71. The molecule has 3 aromatic carbocycles. The van der Waals surface area contributed by atoms with Crippen LogP contribution in [0, 0.1) is 0 Å². The van der Waals surface area contributed by atoms with Crippen LogP contribution in [-0.4, -0.2) is 88.3 Å². The second-order valence-electron chi connectivity index (χ2n) is 14.0. The predicted octanol–water partition coefficient (Wildman–Crippen LogP) is 5.79. The molecule has 0 aromatic heterocycles. The second kappa shape index (κ2) is 18.1. The SMILES string of the molecule is C=CC1=C(/C=C\C)C2(C)c3ccccc3CC1N2C(=O)CCOCCOCCOCCOCCN(N)/C1=C(\N)c2ccccc2CN(C)c2ccccc21. The zero-order chi connectivity index (χ0) is 38.1. The molecule has 54 heavy (non-hydrogen) atoms.